The van der Waals surface area contributed by atoms with Gasteiger partial charge in [0.05, 0.1) is 19.9 Å². The summed E-state index contributed by atoms with van der Waals surface area (Å²) in [4.78, 5) is 11.9. The van der Waals surface area contributed by atoms with E-state index in [1.807, 2.05) is 31.2 Å². The Hall–Kier alpha value is -2.82. The highest BCUT2D eigenvalue weighted by Crippen LogP contribution is 2.12. The first-order chi connectivity index (χ1) is 10.7. The number of hydrazone groups is 1. The third-order valence-electron chi connectivity index (χ3n) is 2.90. The highest BCUT2D eigenvalue weighted by molar-refractivity contribution is 5.95. The molecule has 0 radical (unpaired) electrons. The maximum absolute atomic E-state index is 11.9. The summed E-state index contributed by atoms with van der Waals surface area (Å²) < 4.78 is 10.4. The van der Waals surface area contributed by atoms with Gasteiger partial charge in [-0.05, 0) is 55.0 Å². The van der Waals surface area contributed by atoms with Gasteiger partial charge < -0.3 is 9.47 Å². The zero-order chi connectivity index (χ0) is 15.8. The Morgan fingerprint density at radius 2 is 1.91 bits per heavy atom. The normalized spacial score (nSPS) is 10.0. The number of nitrogens with one attached hydrogen (secondary N) is 1. The molecule has 2 aromatic rings. The van der Waals surface area contributed by atoms with Gasteiger partial charge in [-0.2, -0.15) is 5.10 Å². The van der Waals surface area contributed by atoms with Crippen molar-refractivity contribution in [1.82, 2.24) is 5.43 Å². The first kappa shape index (κ1) is 18.2. The number of benzene rings is 2. The molecule has 0 saturated carbocycles. The molecular formula is C18H22N2O3. The van der Waals surface area contributed by atoms with Crippen LogP contribution in [0.3, 0.4) is 0 Å². The molecule has 5 heteroatoms. The summed E-state index contributed by atoms with van der Waals surface area (Å²) in [6.07, 6.45) is 1.58. The third kappa shape index (κ3) is 5.47. The fraction of sp³-hybridized carbons (Fsp3) is 0.222. The lowest BCUT2D eigenvalue weighted by molar-refractivity contribution is 0.0955. The molecule has 0 aliphatic heterocycles. The third-order valence-corrected chi connectivity index (χ3v) is 2.90. The van der Waals surface area contributed by atoms with E-state index in [-0.39, 0.29) is 13.3 Å². The summed E-state index contributed by atoms with van der Waals surface area (Å²) in [5, 5.41) is 3.94. The maximum Gasteiger partial charge on any atom is 0.271 e. The second-order valence-corrected chi connectivity index (χ2v) is 4.43. The molecule has 0 aliphatic rings. The van der Waals surface area contributed by atoms with Crippen molar-refractivity contribution < 1.29 is 14.3 Å². The number of ether oxygens (including phenoxy) is 2. The van der Waals surface area contributed by atoms with Crippen molar-refractivity contribution in [2.75, 3.05) is 13.7 Å². The second kappa shape index (κ2) is 9.25. The Kier molecular flexibility index (Phi) is 7.33. The van der Waals surface area contributed by atoms with Gasteiger partial charge in [0.15, 0.2) is 0 Å². The van der Waals surface area contributed by atoms with Crippen LogP contribution in [-0.4, -0.2) is 25.8 Å². The lowest BCUT2D eigenvalue weighted by atomic mass is 10.2. The number of nitrogens with zero attached hydrogens (tertiary/aromatic N) is 1. The van der Waals surface area contributed by atoms with Crippen molar-refractivity contribution in [2.45, 2.75) is 14.4 Å². The van der Waals surface area contributed by atoms with Gasteiger partial charge in [0.25, 0.3) is 5.91 Å². The largest absolute Gasteiger partial charge is 0.497 e. The van der Waals surface area contributed by atoms with Crippen molar-refractivity contribution in [3.05, 3.63) is 59.7 Å². The average Bonchev–Trinajstić information content (AvgIpc) is 2.56. The number of amides is 1. The van der Waals surface area contributed by atoms with Gasteiger partial charge >= 0.3 is 0 Å². The van der Waals surface area contributed by atoms with Crippen LogP contribution >= 0.6 is 0 Å². The lowest BCUT2D eigenvalue weighted by Gasteiger charge is -2.03. The van der Waals surface area contributed by atoms with E-state index in [4.69, 9.17) is 9.47 Å². The van der Waals surface area contributed by atoms with Gasteiger partial charge in [-0.1, -0.05) is 13.5 Å². The number of methoxy groups -OCH3 is 1. The molecule has 1 amide bonds. The molecule has 0 unspecified atom stereocenters. The van der Waals surface area contributed by atoms with E-state index in [0.29, 0.717) is 17.9 Å². The Morgan fingerprint density at radius 1 is 1.17 bits per heavy atom. The fourth-order valence-corrected chi connectivity index (χ4v) is 1.81. The molecule has 0 spiro atoms. The number of carbonyl (C=O) groups is 1. The maximum atomic E-state index is 11.9. The van der Waals surface area contributed by atoms with Crippen molar-refractivity contribution >= 4 is 12.1 Å². The van der Waals surface area contributed by atoms with E-state index in [1.165, 1.54) is 0 Å². The van der Waals surface area contributed by atoms with Crippen LogP contribution in [-0.2, 0) is 0 Å². The van der Waals surface area contributed by atoms with Crippen molar-refractivity contribution in [3.8, 4) is 11.5 Å². The van der Waals surface area contributed by atoms with Crippen LogP contribution in [0.15, 0.2) is 53.6 Å². The zero-order valence-electron chi connectivity index (χ0n) is 12.6. The van der Waals surface area contributed by atoms with Crippen LogP contribution in [0.25, 0.3) is 0 Å². The molecule has 0 aliphatic carbocycles. The highest BCUT2D eigenvalue weighted by atomic mass is 16.5. The molecule has 2 rings (SSSR count). The average molecular weight is 314 g/mol. The van der Waals surface area contributed by atoms with Gasteiger partial charge in [-0.25, -0.2) is 5.43 Å². The molecule has 122 valence electrons. The van der Waals surface area contributed by atoms with Gasteiger partial charge in [0, 0.05) is 5.56 Å². The van der Waals surface area contributed by atoms with E-state index in [1.54, 1.807) is 37.6 Å². The number of carbonyl (C=O) groups excluding carboxylic acids is 1. The summed E-state index contributed by atoms with van der Waals surface area (Å²) in [5.41, 5.74) is 3.84. The van der Waals surface area contributed by atoms with Gasteiger partial charge in [-0.3, -0.25) is 4.79 Å². The van der Waals surface area contributed by atoms with Crippen LogP contribution in [0, 0.1) is 0 Å². The molecular weight excluding hydrogens is 292 g/mol. The number of hydrogen-bond acceptors (Lipinski definition) is 4. The second-order valence-electron chi connectivity index (χ2n) is 4.43. The van der Waals surface area contributed by atoms with Crippen LogP contribution in [0.1, 0.15) is 30.3 Å². The van der Waals surface area contributed by atoms with Crippen molar-refractivity contribution in [2.24, 2.45) is 5.10 Å². The van der Waals surface area contributed by atoms with Crippen molar-refractivity contribution in [1.29, 1.82) is 0 Å². The summed E-state index contributed by atoms with van der Waals surface area (Å²) >= 11 is 0. The van der Waals surface area contributed by atoms with Crippen LogP contribution in [0.2, 0.25) is 0 Å². The summed E-state index contributed by atoms with van der Waals surface area (Å²) in [7, 11) is 1.56. The Labute approximate surface area is 136 Å². The topological polar surface area (TPSA) is 59.9 Å². The Balaban J connectivity index is 0.00000264. The first-order valence-corrected chi connectivity index (χ1v) is 6.93. The Bertz CT molecular complexity index is 652. The highest BCUT2D eigenvalue weighted by Gasteiger charge is 2.04. The van der Waals surface area contributed by atoms with Gasteiger partial charge in [0.1, 0.15) is 11.5 Å². The molecule has 0 fully saturated rings. The smallest absolute Gasteiger partial charge is 0.271 e. The van der Waals surface area contributed by atoms with Crippen molar-refractivity contribution in [3.63, 3.8) is 0 Å². The summed E-state index contributed by atoms with van der Waals surface area (Å²) in [5.74, 6) is 1.14. The van der Waals surface area contributed by atoms with Gasteiger partial charge in [0.2, 0.25) is 0 Å². The minimum Gasteiger partial charge on any atom is -0.497 e. The molecule has 1 N–H and O–H groups in total. The van der Waals surface area contributed by atoms with Crippen LogP contribution in [0.4, 0.5) is 0 Å². The van der Waals surface area contributed by atoms with E-state index in [0.717, 1.165) is 11.3 Å². The fourth-order valence-electron chi connectivity index (χ4n) is 1.81. The molecule has 2 aromatic carbocycles. The molecule has 0 aromatic heterocycles. The van der Waals surface area contributed by atoms with E-state index < -0.39 is 0 Å². The van der Waals surface area contributed by atoms with Crippen LogP contribution < -0.4 is 14.9 Å². The minimum absolute atomic E-state index is 0. The summed E-state index contributed by atoms with van der Waals surface area (Å²) in [6.45, 7) is 2.56. The number of hydrogen-bond donors (Lipinski definition) is 1. The Morgan fingerprint density at radius 3 is 2.57 bits per heavy atom. The SMILES string of the molecule is C.CCOc1ccc(/C=N/NC(=O)c2cccc(OC)c2)cc1. The minimum atomic E-state index is -0.291. The van der Waals surface area contributed by atoms with E-state index in [9.17, 15) is 4.79 Å². The van der Waals surface area contributed by atoms with Crippen LogP contribution in [0.5, 0.6) is 11.5 Å². The standard InChI is InChI=1S/C17H18N2O3.CH4/c1-3-22-15-9-7-13(8-10-15)12-18-19-17(20)14-5-4-6-16(11-14)21-2;/h4-12H,3H2,1-2H3,(H,19,20);1H4/b18-12+;. The van der Waals surface area contributed by atoms with E-state index in [2.05, 4.69) is 10.5 Å². The quantitative estimate of drug-likeness (QED) is 0.656. The van der Waals surface area contributed by atoms with Gasteiger partial charge in [-0.15, -0.1) is 0 Å². The summed E-state index contributed by atoms with van der Waals surface area (Å²) in [6, 6.07) is 14.3. The molecule has 0 bridgehead atoms. The monoisotopic (exact) mass is 314 g/mol. The zero-order valence-corrected chi connectivity index (χ0v) is 12.6. The predicted molar refractivity (Wildman–Crippen MR) is 92.4 cm³/mol. The first-order valence-electron chi connectivity index (χ1n) is 6.93. The molecule has 0 atom stereocenters. The number of rotatable bonds is 6. The predicted octanol–water partition coefficient (Wildman–Crippen LogP) is 3.49. The molecule has 23 heavy (non-hydrogen) atoms. The lowest BCUT2D eigenvalue weighted by Crippen LogP contribution is -2.17. The molecule has 0 saturated heterocycles. The molecule has 0 heterocycles. The molecule has 5 nitrogen and oxygen atoms in total. The van der Waals surface area contributed by atoms with E-state index >= 15 is 0 Å².